The Kier molecular flexibility index (Phi) is 3.24. The molecule has 4 rings (SSSR count). The quantitative estimate of drug-likeness (QED) is 0.731. The van der Waals surface area contributed by atoms with E-state index in [0.717, 1.165) is 5.39 Å². The van der Waals surface area contributed by atoms with Gasteiger partial charge >= 0.3 is 0 Å². The second-order valence-electron chi connectivity index (χ2n) is 4.90. The maximum atomic E-state index is 12.3. The van der Waals surface area contributed by atoms with Gasteiger partial charge in [0.05, 0.1) is 0 Å². The van der Waals surface area contributed by atoms with Crippen molar-refractivity contribution in [1.29, 1.82) is 0 Å². The number of fused-ring (bicyclic) bond motifs is 2. The number of rotatable bonds is 2. The first-order chi connectivity index (χ1) is 11.2. The van der Waals surface area contributed by atoms with Crippen molar-refractivity contribution in [3.8, 4) is 11.5 Å². The lowest BCUT2D eigenvalue weighted by atomic mass is 10.2. The van der Waals surface area contributed by atoms with Gasteiger partial charge in [0.1, 0.15) is 11.0 Å². The Labute approximate surface area is 136 Å². The Morgan fingerprint density at radius 2 is 1.87 bits per heavy atom. The third kappa shape index (κ3) is 2.64. The largest absolute Gasteiger partial charge is 0.454 e. The molecule has 3 aromatic rings. The molecule has 1 amide bonds. The van der Waals surface area contributed by atoms with Gasteiger partial charge in [0.15, 0.2) is 17.1 Å². The molecule has 0 unspecified atom stereocenters. The first-order valence-electron chi connectivity index (χ1n) is 6.83. The average Bonchev–Trinajstić information content (AvgIpc) is 3.02. The van der Waals surface area contributed by atoms with Gasteiger partial charge in [-0.05, 0) is 42.5 Å². The topological polar surface area (TPSA) is 73.3 Å². The number of pyridine rings is 2. The SMILES string of the molecule is O=C(Nc1ccc2ccc(Cl)nc2n1)c1ccc2c(c1)OCO2. The lowest BCUT2D eigenvalue weighted by Crippen LogP contribution is -2.13. The summed E-state index contributed by atoms with van der Waals surface area (Å²) in [5.74, 6) is 1.29. The van der Waals surface area contributed by atoms with Crippen molar-refractivity contribution < 1.29 is 14.3 Å². The molecule has 6 nitrogen and oxygen atoms in total. The van der Waals surface area contributed by atoms with Crippen molar-refractivity contribution in [3.63, 3.8) is 0 Å². The highest BCUT2D eigenvalue weighted by Gasteiger charge is 2.16. The zero-order valence-electron chi connectivity index (χ0n) is 11.7. The van der Waals surface area contributed by atoms with Gasteiger partial charge in [0.25, 0.3) is 5.91 Å². The minimum absolute atomic E-state index is 0.166. The van der Waals surface area contributed by atoms with Crippen molar-refractivity contribution >= 4 is 34.4 Å². The highest BCUT2D eigenvalue weighted by Crippen LogP contribution is 2.32. The molecule has 0 atom stereocenters. The van der Waals surface area contributed by atoms with Gasteiger partial charge in [-0.1, -0.05) is 11.6 Å². The second kappa shape index (κ2) is 5.40. The molecule has 23 heavy (non-hydrogen) atoms. The molecule has 7 heteroatoms. The van der Waals surface area contributed by atoms with Gasteiger partial charge in [0, 0.05) is 10.9 Å². The van der Waals surface area contributed by atoms with E-state index < -0.39 is 0 Å². The first kappa shape index (κ1) is 13.8. The minimum atomic E-state index is -0.294. The van der Waals surface area contributed by atoms with Gasteiger partial charge in [-0.3, -0.25) is 4.79 Å². The van der Waals surface area contributed by atoms with E-state index in [1.165, 1.54) is 0 Å². The van der Waals surface area contributed by atoms with Gasteiger partial charge in [-0.2, -0.15) is 0 Å². The van der Waals surface area contributed by atoms with Crippen LogP contribution in [0.25, 0.3) is 11.0 Å². The molecule has 1 aliphatic heterocycles. The number of amides is 1. The normalized spacial score (nSPS) is 12.4. The molecule has 0 aliphatic carbocycles. The van der Waals surface area contributed by atoms with E-state index >= 15 is 0 Å². The minimum Gasteiger partial charge on any atom is -0.454 e. The highest BCUT2D eigenvalue weighted by molar-refractivity contribution is 6.29. The summed E-state index contributed by atoms with van der Waals surface area (Å²) in [5, 5.41) is 3.93. The number of aromatic nitrogens is 2. The lowest BCUT2D eigenvalue weighted by molar-refractivity contribution is 0.102. The second-order valence-corrected chi connectivity index (χ2v) is 5.29. The summed E-state index contributed by atoms with van der Waals surface area (Å²) in [7, 11) is 0. The van der Waals surface area contributed by atoms with E-state index in [2.05, 4.69) is 15.3 Å². The third-order valence-electron chi connectivity index (χ3n) is 3.39. The lowest BCUT2D eigenvalue weighted by Gasteiger charge is -2.06. The molecule has 0 fully saturated rings. The summed E-state index contributed by atoms with van der Waals surface area (Å²) in [6.07, 6.45) is 0. The molecule has 114 valence electrons. The summed E-state index contributed by atoms with van der Waals surface area (Å²) in [4.78, 5) is 20.7. The number of halogens is 1. The number of anilines is 1. The molecule has 0 radical (unpaired) electrons. The molecule has 2 aromatic heterocycles. The molecule has 0 bridgehead atoms. The first-order valence-corrected chi connectivity index (χ1v) is 7.21. The summed E-state index contributed by atoms with van der Waals surface area (Å²) < 4.78 is 10.5. The molecular formula is C16H10ClN3O3. The van der Waals surface area contributed by atoms with E-state index in [-0.39, 0.29) is 12.7 Å². The van der Waals surface area contributed by atoms with Crippen LogP contribution in [0.5, 0.6) is 11.5 Å². The van der Waals surface area contributed by atoms with Crippen LogP contribution in [-0.2, 0) is 0 Å². The van der Waals surface area contributed by atoms with E-state index in [0.29, 0.717) is 33.7 Å². The molecule has 0 saturated carbocycles. The van der Waals surface area contributed by atoms with Crippen molar-refractivity contribution in [2.24, 2.45) is 0 Å². The van der Waals surface area contributed by atoms with E-state index in [1.807, 2.05) is 12.1 Å². The average molecular weight is 328 g/mol. The van der Waals surface area contributed by atoms with Gasteiger partial charge in [-0.25, -0.2) is 9.97 Å². The highest BCUT2D eigenvalue weighted by atomic mass is 35.5. The summed E-state index contributed by atoms with van der Waals surface area (Å²) >= 11 is 5.86. The van der Waals surface area contributed by atoms with Crippen molar-refractivity contribution in [1.82, 2.24) is 9.97 Å². The molecule has 0 saturated heterocycles. The van der Waals surface area contributed by atoms with Crippen LogP contribution in [0.3, 0.4) is 0 Å². The molecule has 1 aliphatic rings. The van der Waals surface area contributed by atoms with Crippen LogP contribution in [0.1, 0.15) is 10.4 Å². The van der Waals surface area contributed by atoms with Crippen LogP contribution in [-0.4, -0.2) is 22.7 Å². The maximum absolute atomic E-state index is 12.3. The van der Waals surface area contributed by atoms with Crippen LogP contribution >= 0.6 is 11.6 Å². The summed E-state index contributed by atoms with van der Waals surface area (Å²) in [5.41, 5.74) is 0.927. The zero-order chi connectivity index (χ0) is 15.8. The van der Waals surface area contributed by atoms with E-state index in [4.69, 9.17) is 21.1 Å². The van der Waals surface area contributed by atoms with Crippen molar-refractivity contribution in [3.05, 3.63) is 53.2 Å². The summed E-state index contributed by atoms with van der Waals surface area (Å²) in [6, 6.07) is 12.0. The third-order valence-corrected chi connectivity index (χ3v) is 3.61. The summed E-state index contributed by atoms with van der Waals surface area (Å²) in [6.45, 7) is 0.166. The van der Waals surface area contributed by atoms with Gasteiger partial charge in [0.2, 0.25) is 6.79 Å². The van der Waals surface area contributed by atoms with Crippen LogP contribution in [0.4, 0.5) is 5.82 Å². The van der Waals surface area contributed by atoms with Crippen LogP contribution < -0.4 is 14.8 Å². The number of nitrogens with zero attached hydrogens (tertiary/aromatic N) is 2. The van der Waals surface area contributed by atoms with Gasteiger partial charge in [-0.15, -0.1) is 0 Å². The van der Waals surface area contributed by atoms with Crippen molar-refractivity contribution in [2.75, 3.05) is 12.1 Å². The fourth-order valence-electron chi connectivity index (χ4n) is 2.27. The fraction of sp³-hybridized carbons (Fsp3) is 0.0625. The Bertz CT molecular complexity index is 930. The molecule has 1 N–H and O–H groups in total. The number of hydrogen-bond donors (Lipinski definition) is 1. The number of ether oxygens (including phenoxy) is 2. The number of carbonyl (C=O) groups is 1. The zero-order valence-corrected chi connectivity index (χ0v) is 12.5. The Morgan fingerprint density at radius 1 is 1.04 bits per heavy atom. The Balaban J connectivity index is 1.61. The smallest absolute Gasteiger partial charge is 0.256 e. The number of benzene rings is 1. The Hall–Kier alpha value is -2.86. The number of carbonyl (C=O) groups excluding carboxylic acids is 1. The standard InChI is InChI=1S/C16H10ClN3O3/c17-13-5-2-9-3-6-14(19-15(9)18-13)20-16(21)10-1-4-11-12(7-10)23-8-22-11/h1-7H,8H2,(H,18,19,20,21). The van der Waals surface area contributed by atoms with E-state index in [9.17, 15) is 4.79 Å². The molecular weight excluding hydrogens is 318 g/mol. The van der Waals surface area contributed by atoms with Gasteiger partial charge < -0.3 is 14.8 Å². The molecule has 3 heterocycles. The predicted molar refractivity (Wildman–Crippen MR) is 85.1 cm³/mol. The number of hydrogen-bond acceptors (Lipinski definition) is 5. The van der Waals surface area contributed by atoms with Crippen LogP contribution in [0.15, 0.2) is 42.5 Å². The van der Waals surface area contributed by atoms with Crippen LogP contribution in [0.2, 0.25) is 5.15 Å². The van der Waals surface area contributed by atoms with Crippen molar-refractivity contribution in [2.45, 2.75) is 0 Å². The van der Waals surface area contributed by atoms with Crippen LogP contribution in [0, 0.1) is 0 Å². The number of nitrogens with one attached hydrogen (secondary N) is 1. The van der Waals surface area contributed by atoms with E-state index in [1.54, 1.807) is 30.3 Å². The fourth-order valence-corrected chi connectivity index (χ4v) is 2.41. The Morgan fingerprint density at radius 3 is 2.78 bits per heavy atom. The maximum Gasteiger partial charge on any atom is 0.256 e. The molecule has 0 spiro atoms. The monoisotopic (exact) mass is 327 g/mol. The predicted octanol–water partition coefficient (Wildman–Crippen LogP) is 3.26. The molecule has 1 aromatic carbocycles.